The Balaban J connectivity index is 1.68. The average molecular weight is 354 g/mol. The van der Waals surface area contributed by atoms with E-state index in [-0.39, 0.29) is 5.91 Å². The fourth-order valence-electron chi connectivity index (χ4n) is 1.93. The first-order valence-corrected chi connectivity index (χ1v) is 8.79. The second kappa shape index (κ2) is 8.84. The second-order valence-corrected chi connectivity index (χ2v) is 6.63. The molecule has 5 nitrogen and oxygen atoms in total. The Morgan fingerprint density at radius 1 is 1.39 bits per heavy atom. The number of anilines is 1. The molecule has 2 rings (SSSR count). The van der Waals surface area contributed by atoms with Crippen molar-refractivity contribution in [3.05, 3.63) is 33.8 Å². The van der Waals surface area contributed by atoms with Crippen LogP contribution in [0.3, 0.4) is 0 Å². The largest absolute Gasteiger partial charge is 0.494 e. The van der Waals surface area contributed by atoms with Crippen LogP contribution in [0.5, 0.6) is 5.75 Å². The van der Waals surface area contributed by atoms with E-state index in [1.165, 1.54) is 11.3 Å². The summed E-state index contributed by atoms with van der Waals surface area (Å²) in [5, 5.41) is 13.0. The minimum Gasteiger partial charge on any atom is -0.494 e. The number of benzene rings is 1. The van der Waals surface area contributed by atoms with E-state index in [2.05, 4.69) is 22.4 Å². The lowest BCUT2D eigenvalue weighted by molar-refractivity contribution is -0.116. The number of aromatic nitrogens is 2. The van der Waals surface area contributed by atoms with Crippen LogP contribution < -0.4 is 10.1 Å². The molecule has 0 spiro atoms. The van der Waals surface area contributed by atoms with Crippen LogP contribution in [0.2, 0.25) is 5.02 Å². The number of hydrogen-bond donors (Lipinski definition) is 1. The third-order valence-electron chi connectivity index (χ3n) is 3.12. The van der Waals surface area contributed by atoms with Gasteiger partial charge in [0.15, 0.2) is 0 Å². The van der Waals surface area contributed by atoms with Crippen LogP contribution in [0.4, 0.5) is 5.13 Å². The predicted octanol–water partition coefficient (Wildman–Crippen LogP) is 4.25. The maximum atomic E-state index is 11.8. The van der Waals surface area contributed by atoms with E-state index in [1.54, 1.807) is 0 Å². The van der Waals surface area contributed by atoms with Gasteiger partial charge in [-0.3, -0.25) is 4.79 Å². The molecule has 0 saturated heterocycles. The number of ether oxygens (including phenoxy) is 1. The van der Waals surface area contributed by atoms with Gasteiger partial charge in [-0.2, -0.15) is 0 Å². The van der Waals surface area contributed by atoms with Crippen molar-refractivity contribution in [1.82, 2.24) is 10.2 Å². The fraction of sp³-hybridized carbons (Fsp3) is 0.438. The van der Waals surface area contributed by atoms with Gasteiger partial charge in [0.1, 0.15) is 10.8 Å². The predicted molar refractivity (Wildman–Crippen MR) is 93.5 cm³/mol. The van der Waals surface area contributed by atoms with Crippen molar-refractivity contribution in [1.29, 1.82) is 0 Å². The molecule has 1 heterocycles. The zero-order valence-electron chi connectivity index (χ0n) is 13.3. The van der Waals surface area contributed by atoms with Crippen molar-refractivity contribution in [3.8, 4) is 5.75 Å². The molecule has 1 amide bonds. The zero-order chi connectivity index (χ0) is 16.7. The number of nitrogens with zero attached hydrogens (tertiary/aromatic N) is 2. The summed E-state index contributed by atoms with van der Waals surface area (Å²) in [6, 6.07) is 5.52. The van der Waals surface area contributed by atoms with E-state index in [4.69, 9.17) is 16.3 Å². The van der Waals surface area contributed by atoms with Gasteiger partial charge in [-0.1, -0.05) is 29.9 Å². The first-order valence-electron chi connectivity index (χ1n) is 7.59. The third kappa shape index (κ3) is 5.80. The summed E-state index contributed by atoms with van der Waals surface area (Å²) >= 11 is 7.39. The molecule has 0 aliphatic carbocycles. The van der Waals surface area contributed by atoms with Crippen molar-refractivity contribution in [3.63, 3.8) is 0 Å². The number of nitrogens with one attached hydrogen (secondary N) is 1. The van der Waals surface area contributed by atoms with Crippen LogP contribution in [-0.4, -0.2) is 22.7 Å². The van der Waals surface area contributed by atoms with E-state index in [0.717, 1.165) is 34.2 Å². The topological polar surface area (TPSA) is 64.1 Å². The van der Waals surface area contributed by atoms with E-state index < -0.39 is 0 Å². The van der Waals surface area contributed by atoms with Gasteiger partial charge in [0, 0.05) is 17.9 Å². The number of hydrogen-bond acceptors (Lipinski definition) is 5. The molecule has 2 aromatic rings. The van der Waals surface area contributed by atoms with E-state index >= 15 is 0 Å². The Labute approximate surface area is 145 Å². The standard InChI is InChI=1S/C16H20ClN3O2S/c1-3-5-15-19-20-16(23-15)18-14(21)6-4-9-22-12-7-8-13(17)11(2)10-12/h7-8,10H,3-6,9H2,1-2H3,(H,18,20,21). The minimum atomic E-state index is -0.0694. The number of rotatable bonds is 8. The third-order valence-corrected chi connectivity index (χ3v) is 4.45. The summed E-state index contributed by atoms with van der Waals surface area (Å²) in [5.74, 6) is 0.695. The summed E-state index contributed by atoms with van der Waals surface area (Å²) in [6.45, 7) is 4.49. The summed E-state index contributed by atoms with van der Waals surface area (Å²) in [7, 11) is 0. The average Bonchev–Trinajstić information content (AvgIpc) is 2.95. The van der Waals surface area contributed by atoms with Gasteiger partial charge >= 0.3 is 0 Å². The number of carbonyl (C=O) groups is 1. The Morgan fingerprint density at radius 3 is 2.96 bits per heavy atom. The number of carbonyl (C=O) groups excluding carboxylic acids is 1. The molecular formula is C16H20ClN3O2S. The van der Waals surface area contributed by atoms with Crippen LogP contribution in [0.1, 0.15) is 36.8 Å². The highest BCUT2D eigenvalue weighted by molar-refractivity contribution is 7.15. The molecular weight excluding hydrogens is 334 g/mol. The Kier molecular flexibility index (Phi) is 6.80. The highest BCUT2D eigenvalue weighted by atomic mass is 35.5. The van der Waals surface area contributed by atoms with Crippen LogP contribution in [0, 0.1) is 6.92 Å². The van der Waals surface area contributed by atoms with Gasteiger partial charge in [-0.15, -0.1) is 10.2 Å². The Hall–Kier alpha value is -1.66. The van der Waals surface area contributed by atoms with E-state index in [0.29, 0.717) is 24.6 Å². The number of aryl methyl sites for hydroxylation is 2. The first-order chi connectivity index (χ1) is 11.1. The van der Waals surface area contributed by atoms with E-state index in [9.17, 15) is 4.79 Å². The van der Waals surface area contributed by atoms with Crippen LogP contribution >= 0.6 is 22.9 Å². The first kappa shape index (κ1) is 17.7. The minimum absolute atomic E-state index is 0.0694. The lowest BCUT2D eigenvalue weighted by atomic mass is 10.2. The monoisotopic (exact) mass is 353 g/mol. The smallest absolute Gasteiger partial charge is 0.226 e. The van der Waals surface area contributed by atoms with Crippen molar-refractivity contribution >= 4 is 34.0 Å². The molecule has 7 heteroatoms. The van der Waals surface area contributed by atoms with Crippen LogP contribution in [-0.2, 0) is 11.2 Å². The Morgan fingerprint density at radius 2 is 2.22 bits per heavy atom. The molecule has 0 aliphatic rings. The van der Waals surface area contributed by atoms with Gasteiger partial charge in [-0.05, 0) is 43.5 Å². The summed E-state index contributed by atoms with van der Waals surface area (Å²) in [6.07, 6.45) is 2.93. The van der Waals surface area contributed by atoms with Crippen molar-refractivity contribution in [2.75, 3.05) is 11.9 Å². The molecule has 1 aromatic heterocycles. The summed E-state index contributed by atoms with van der Waals surface area (Å²) in [5.41, 5.74) is 0.973. The van der Waals surface area contributed by atoms with Gasteiger partial charge in [0.2, 0.25) is 11.0 Å². The molecule has 0 unspecified atom stereocenters. The molecule has 0 radical (unpaired) electrons. The van der Waals surface area contributed by atoms with Crippen LogP contribution in [0.25, 0.3) is 0 Å². The highest BCUT2D eigenvalue weighted by Crippen LogP contribution is 2.21. The fourth-order valence-corrected chi connectivity index (χ4v) is 2.91. The van der Waals surface area contributed by atoms with Crippen molar-refractivity contribution in [2.24, 2.45) is 0 Å². The zero-order valence-corrected chi connectivity index (χ0v) is 14.8. The van der Waals surface area contributed by atoms with Crippen molar-refractivity contribution in [2.45, 2.75) is 39.5 Å². The Bertz CT molecular complexity index is 661. The molecule has 1 aromatic carbocycles. The molecule has 0 aliphatic heterocycles. The van der Waals surface area contributed by atoms with E-state index in [1.807, 2.05) is 25.1 Å². The SMILES string of the molecule is CCCc1nnc(NC(=O)CCCOc2ccc(Cl)c(C)c2)s1. The molecule has 0 atom stereocenters. The highest BCUT2D eigenvalue weighted by Gasteiger charge is 2.08. The van der Waals surface area contributed by atoms with Gasteiger partial charge in [0.05, 0.1) is 6.61 Å². The molecule has 1 N–H and O–H groups in total. The van der Waals surface area contributed by atoms with Crippen LogP contribution in [0.15, 0.2) is 18.2 Å². The lowest BCUT2D eigenvalue weighted by Gasteiger charge is -2.07. The summed E-state index contributed by atoms with van der Waals surface area (Å²) in [4.78, 5) is 11.8. The molecule has 124 valence electrons. The summed E-state index contributed by atoms with van der Waals surface area (Å²) < 4.78 is 5.61. The van der Waals surface area contributed by atoms with Gasteiger partial charge in [-0.25, -0.2) is 0 Å². The van der Waals surface area contributed by atoms with Gasteiger partial charge < -0.3 is 10.1 Å². The van der Waals surface area contributed by atoms with Crippen molar-refractivity contribution < 1.29 is 9.53 Å². The lowest BCUT2D eigenvalue weighted by Crippen LogP contribution is -2.12. The normalized spacial score (nSPS) is 10.6. The maximum absolute atomic E-state index is 11.8. The molecule has 0 saturated carbocycles. The molecule has 0 bridgehead atoms. The maximum Gasteiger partial charge on any atom is 0.226 e. The number of amides is 1. The quantitative estimate of drug-likeness (QED) is 0.720. The molecule has 0 fully saturated rings. The molecule has 23 heavy (non-hydrogen) atoms. The second-order valence-electron chi connectivity index (χ2n) is 5.16. The van der Waals surface area contributed by atoms with Gasteiger partial charge in [0.25, 0.3) is 0 Å². The number of halogens is 1.